The van der Waals surface area contributed by atoms with E-state index < -0.39 is 6.10 Å². The first-order chi connectivity index (χ1) is 36.0. The van der Waals surface area contributed by atoms with Crippen molar-refractivity contribution in [1.29, 1.82) is 0 Å². The molecule has 0 aliphatic rings. The van der Waals surface area contributed by atoms with Crippen LogP contribution >= 0.6 is 0 Å². The number of carbonyl (C=O) groups excluding carboxylic acids is 3. The Hall–Kier alpha value is -3.41. The van der Waals surface area contributed by atoms with Crippen LogP contribution in [0, 0.1) is 0 Å². The summed E-state index contributed by atoms with van der Waals surface area (Å²) in [7, 11) is 0. The lowest BCUT2D eigenvalue weighted by molar-refractivity contribution is -0.167. The molecule has 0 aliphatic heterocycles. The Morgan fingerprint density at radius 3 is 0.890 bits per heavy atom. The van der Waals surface area contributed by atoms with Gasteiger partial charge in [-0.15, -0.1) is 0 Å². The molecule has 0 bridgehead atoms. The molecule has 0 N–H and O–H groups in total. The lowest BCUT2D eigenvalue weighted by Crippen LogP contribution is -2.30. The molecule has 1 atom stereocenters. The van der Waals surface area contributed by atoms with Crippen LogP contribution in [0.25, 0.3) is 0 Å². The molecule has 0 fully saturated rings. The van der Waals surface area contributed by atoms with Crippen LogP contribution in [0.15, 0.2) is 85.1 Å². The topological polar surface area (TPSA) is 78.9 Å². The molecule has 420 valence electrons. The molecular formula is C67H116O6. The lowest BCUT2D eigenvalue weighted by Gasteiger charge is -2.18. The molecule has 1 unspecified atom stereocenters. The van der Waals surface area contributed by atoms with E-state index in [1.54, 1.807) is 0 Å². The molecule has 6 heteroatoms. The quantitative estimate of drug-likeness (QED) is 0.0261. The van der Waals surface area contributed by atoms with E-state index in [4.69, 9.17) is 14.2 Å². The van der Waals surface area contributed by atoms with Crippen molar-refractivity contribution in [1.82, 2.24) is 0 Å². The highest BCUT2D eigenvalue weighted by Gasteiger charge is 2.19. The summed E-state index contributed by atoms with van der Waals surface area (Å²) in [6.45, 7) is 6.48. The van der Waals surface area contributed by atoms with Gasteiger partial charge in [0.15, 0.2) is 6.10 Å². The first kappa shape index (κ1) is 69.6. The SMILES string of the molecule is CC/C=C\C/C=C\C/C=C\C/C=C\CCCCCCCCCCCCCCC(=O)OCC(COC(=O)CCCCCCC/C=C\CCCC)OC(=O)CCCCCCCCCCC/C=C\C/C=C\CCCCC. The summed E-state index contributed by atoms with van der Waals surface area (Å²) in [5.41, 5.74) is 0. The van der Waals surface area contributed by atoms with Crippen LogP contribution in [0.2, 0.25) is 0 Å². The van der Waals surface area contributed by atoms with E-state index >= 15 is 0 Å². The molecule has 0 aliphatic carbocycles. The van der Waals surface area contributed by atoms with Gasteiger partial charge in [-0.3, -0.25) is 14.4 Å². The zero-order chi connectivity index (χ0) is 52.9. The van der Waals surface area contributed by atoms with Gasteiger partial charge in [-0.25, -0.2) is 0 Å². The Morgan fingerprint density at radius 2 is 0.548 bits per heavy atom. The van der Waals surface area contributed by atoms with Crippen LogP contribution in [0.4, 0.5) is 0 Å². The van der Waals surface area contributed by atoms with Crippen molar-refractivity contribution in [2.24, 2.45) is 0 Å². The summed E-state index contributed by atoms with van der Waals surface area (Å²) < 4.78 is 16.9. The maximum atomic E-state index is 12.9. The third-order valence-electron chi connectivity index (χ3n) is 13.4. The van der Waals surface area contributed by atoms with Gasteiger partial charge in [0.25, 0.3) is 0 Å². The molecule has 6 nitrogen and oxygen atoms in total. The molecular weight excluding hydrogens is 901 g/mol. The van der Waals surface area contributed by atoms with Gasteiger partial charge in [-0.2, -0.15) is 0 Å². The summed E-state index contributed by atoms with van der Waals surface area (Å²) >= 11 is 0. The molecule has 0 aromatic carbocycles. The zero-order valence-corrected chi connectivity index (χ0v) is 48.1. The summed E-state index contributed by atoms with van der Waals surface area (Å²) in [5, 5.41) is 0. The number of rotatable bonds is 56. The first-order valence-corrected chi connectivity index (χ1v) is 31.1. The van der Waals surface area contributed by atoms with Crippen molar-refractivity contribution >= 4 is 17.9 Å². The third-order valence-corrected chi connectivity index (χ3v) is 13.4. The number of hydrogen-bond acceptors (Lipinski definition) is 6. The van der Waals surface area contributed by atoms with E-state index in [1.165, 1.54) is 167 Å². The highest BCUT2D eigenvalue weighted by molar-refractivity contribution is 5.71. The summed E-state index contributed by atoms with van der Waals surface area (Å²) in [5.74, 6) is -0.887. The van der Waals surface area contributed by atoms with Crippen molar-refractivity contribution in [2.45, 2.75) is 309 Å². The predicted molar refractivity (Wildman–Crippen MR) is 316 cm³/mol. The van der Waals surface area contributed by atoms with E-state index in [9.17, 15) is 14.4 Å². The van der Waals surface area contributed by atoms with Crippen molar-refractivity contribution in [2.75, 3.05) is 13.2 Å². The zero-order valence-electron chi connectivity index (χ0n) is 48.1. The minimum Gasteiger partial charge on any atom is -0.462 e. The highest BCUT2D eigenvalue weighted by atomic mass is 16.6. The van der Waals surface area contributed by atoms with Crippen LogP contribution in [-0.2, 0) is 28.6 Å². The van der Waals surface area contributed by atoms with Crippen LogP contribution in [0.5, 0.6) is 0 Å². The Kier molecular flexibility index (Phi) is 58.3. The molecule has 0 aromatic heterocycles. The van der Waals surface area contributed by atoms with Crippen molar-refractivity contribution in [3.8, 4) is 0 Å². The van der Waals surface area contributed by atoms with Gasteiger partial charge in [-0.1, -0.05) is 260 Å². The van der Waals surface area contributed by atoms with Gasteiger partial charge in [0, 0.05) is 19.3 Å². The third kappa shape index (κ3) is 59.3. The van der Waals surface area contributed by atoms with Crippen molar-refractivity contribution in [3.05, 3.63) is 85.1 Å². The molecule has 0 saturated carbocycles. The number of ether oxygens (including phenoxy) is 3. The molecule has 0 radical (unpaired) electrons. The summed E-state index contributed by atoms with van der Waals surface area (Å²) in [6.07, 6.45) is 80.1. The smallest absolute Gasteiger partial charge is 0.306 e. The second-order valence-corrected chi connectivity index (χ2v) is 20.6. The van der Waals surface area contributed by atoms with Gasteiger partial charge < -0.3 is 14.2 Å². The minimum atomic E-state index is -0.783. The molecule has 0 aromatic rings. The molecule has 73 heavy (non-hydrogen) atoms. The Balaban J connectivity index is 4.27. The van der Waals surface area contributed by atoms with E-state index in [-0.39, 0.29) is 31.1 Å². The Labute approximate surface area is 452 Å². The summed E-state index contributed by atoms with van der Waals surface area (Å²) in [6, 6.07) is 0. The van der Waals surface area contributed by atoms with E-state index in [2.05, 4.69) is 106 Å². The van der Waals surface area contributed by atoms with Gasteiger partial charge in [0.2, 0.25) is 0 Å². The number of esters is 3. The fourth-order valence-corrected chi connectivity index (χ4v) is 8.68. The monoisotopic (exact) mass is 1020 g/mol. The lowest BCUT2D eigenvalue weighted by atomic mass is 10.0. The van der Waals surface area contributed by atoms with Gasteiger partial charge in [0.1, 0.15) is 13.2 Å². The molecule has 0 heterocycles. The minimum absolute atomic E-state index is 0.0805. The maximum Gasteiger partial charge on any atom is 0.306 e. The van der Waals surface area contributed by atoms with Gasteiger partial charge in [0.05, 0.1) is 0 Å². The van der Waals surface area contributed by atoms with Crippen molar-refractivity contribution < 1.29 is 28.6 Å². The predicted octanol–water partition coefficient (Wildman–Crippen LogP) is 21.1. The van der Waals surface area contributed by atoms with E-state index in [0.717, 1.165) is 96.3 Å². The number of unbranched alkanes of at least 4 members (excludes halogenated alkanes) is 31. The number of carbonyl (C=O) groups is 3. The fraction of sp³-hybridized carbons (Fsp3) is 0.746. The molecule has 0 saturated heterocycles. The average molecular weight is 1020 g/mol. The average Bonchev–Trinajstić information content (AvgIpc) is 3.39. The Bertz CT molecular complexity index is 1400. The van der Waals surface area contributed by atoms with Crippen LogP contribution < -0.4 is 0 Å². The number of hydrogen-bond donors (Lipinski definition) is 0. The van der Waals surface area contributed by atoms with Gasteiger partial charge >= 0.3 is 17.9 Å². The second kappa shape index (κ2) is 61.1. The standard InChI is InChI=1S/C67H116O6/c1-4-7-10-13-16-19-22-24-26-28-30-31-32-33-34-35-37-38-40-42-45-48-51-54-57-60-66(69)72-63-64(62-71-65(68)59-56-53-50-47-44-21-18-15-12-9-6-3)73-67(70)61-58-55-52-49-46-43-41-39-36-29-27-25-23-20-17-14-11-8-5-2/h7,10,15-20,24-27,30-31,64H,4-6,8-9,11-14,21-23,28-29,32-63H2,1-3H3/b10-7-,18-15-,19-16-,20-17-,26-24-,27-25-,31-30-. The number of allylic oxidation sites excluding steroid dienone is 14. The molecule has 0 amide bonds. The van der Waals surface area contributed by atoms with E-state index in [1.807, 2.05) is 0 Å². The summed E-state index contributed by atoms with van der Waals surface area (Å²) in [4.78, 5) is 38.2. The van der Waals surface area contributed by atoms with Crippen LogP contribution in [-0.4, -0.2) is 37.2 Å². The highest BCUT2D eigenvalue weighted by Crippen LogP contribution is 2.16. The Morgan fingerprint density at radius 1 is 0.288 bits per heavy atom. The largest absolute Gasteiger partial charge is 0.462 e. The van der Waals surface area contributed by atoms with Crippen molar-refractivity contribution in [3.63, 3.8) is 0 Å². The molecule has 0 spiro atoms. The second-order valence-electron chi connectivity index (χ2n) is 20.6. The fourth-order valence-electron chi connectivity index (χ4n) is 8.68. The van der Waals surface area contributed by atoms with Crippen LogP contribution in [0.1, 0.15) is 303 Å². The first-order valence-electron chi connectivity index (χ1n) is 31.1. The van der Waals surface area contributed by atoms with Crippen LogP contribution in [0.3, 0.4) is 0 Å². The van der Waals surface area contributed by atoms with E-state index in [0.29, 0.717) is 19.3 Å². The maximum absolute atomic E-state index is 12.9. The van der Waals surface area contributed by atoms with Gasteiger partial charge in [-0.05, 0) is 109 Å². The normalized spacial score (nSPS) is 12.6. The molecule has 0 rings (SSSR count).